The van der Waals surface area contributed by atoms with Crippen molar-refractivity contribution in [1.29, 1.82) is 0 Å². The van der Waals surface area contributed by atoms with Gasteiger partial charge in [-0.2, -0.15) is 0 Å². The van der Waals surface area contributed by atoms with Crippen LogP contribution in [0.2, 0.25) is 0 Å². The molecule has 17 heavy (non-hydrogen) atoms. The quantitative estimate of drug-likeness (QED) is 0.261. The Morgan fingerprint density at radius 1 is 1.35 bits per heavy atom. The van der Waals surface area contributed by atoms with Crippen molar-refractivity contribution in [3.05, 3.63) is 23.8 Å². The summed E-state index contributed by atoms with van der Waals surface area (Å²) >= 11 is 0. The molecular formula is C13H22N2O2. The molecule has 0 aliphatic heterocycles. The number of rotatable bonds is 3. The maximum atomic E-state index is 11.7. The molecule has 4 heteroatoms. The molecule has 0 fully saturated rings. The van der Waals surface area contributed by atoms with Gasteiger partial charge in [0.1, 0.15) is 0 Å². The van der Waals surface area contributed by atoms with Gasteiger partial charge in [-0.3, -0.25) is 4.79 Å². The number of amides is 1. The lowest BCUT2D eigenvalue weighted by Gasteiger charge is -2.16. The SMILES string of the molecule is C\C=C(/C=C\C(=N\O)NC(=O)C(C)(C)C)CC. The van der Waals surface area contributed by atoms with Crippen molar-refractivity contribution < 1.29 is 10.0 Å². The number of nitrogens with zero attached hydrogens (tertiary/aromatic N) is 1. The van der Waals surface area contributed by atoms with Crippen LogP contribution in [0.1, 0.15) is 41.0 Å². The van der Waals surface area contributed by atoms with Crippen LogP contribution < -0.4 is 5.32 Å². The van der Waals surface area contributed by atoms with Crippen LogP contribution in [0.5, 0.6) is 0 Å². The van der Waals surface area contributed by atoms with Crippen LogP contribution in [-0.2, 0) is 4.79 Å². The van der Waals surface area contributed by atoms with Crippen LogP contribution in [0.3, 0.4) is 0 Å². The van der Waals surface area contributed by atoms with Crippen LogP contribution in [-0.4, -0.2) is 17.0 Å². The van der Waals surface area contributed by atoms with E-state index in [2.05, 4.69) is 10.5 Å². The van der Waals surface area contributed by atoms with Crippen molar-refractivity contribution in [1.82, 2.24) is 5.32 Å². The lowest BCUT2D eigenvalue weighted by Crippen LogP contribution is -2.38. The lowest BCUT2D eigenvalue weighted by atomic mass is 9.96. The Balaban J connectivity index is 4.64. The zero-order valence-electron chi connectivity index (χ0n) is 11.2. The molecule has 0 aromatic heterocycles. The first kappa shape index (κ1) is 15.4. The summed E-state index contributed by atoms with van der Waals surface area (Å²) < 4.78 is 0. The highest BCUT2D eigenvalue weighted by atomic mass is 16.4. The number of carbonyl (C=O) groups excluding carboxylic acids is 1. The zero-order valence-corrected chi connectivity index (χ0v) is 11.2. The number of hydrogen-bond acceptors (Lipinski definition) is 3. The van der Waals surface area contributed by atoms with E-state index in [4.69, 9.17) is 5.21 Å². The minimum absolute atomic E-state index is 0.151. The van der Waals surface area contributed by atoms with Gasteiger partial charge in [0.05, 0.1) is 0 Å². The Morgan fingerprint density at radius 3 is 2.29 bits per heavy atom. The fourth-order valence-corrected chi connectivity index (χ4v) is 1.01. The molecule has 0 heterocycles. The highest BCUT2D eigenvalue weighted by Crippen LogP contribution is 2.12. The fourth-order valence-electron chi connectivity index (χ4n) is 1.01. The van der Waals surface area contributed by atoms with E-state index in [-0.39, 0.29) is 11.7 Å². The summed E-state index contributed by atoms with van der Waals surface area (Å²) in [6.07, 6.45) is 6.26. The van der Waals surface area contributed by atoms with Crippen molar-refractivity contribution >= 4 is 11.7 Å². The van der Waals surface area contributed by atoms with Gasteiger partial charge in [-0.15, -0.1) is 0 Å². The minimum atomic E-state index is -0.516. The second kappa shape index (κ2) is 6.89. The van der Waals surface area contributed by atoms with Gasteiger partial charge in [-0.1, -0.05) is 50.6 Å². The molecule has 0 aromatic rings. The average Bonchev–Trinajstić information content (AvgIpc) is 2.27. The molecule has 0 aliphatic carbocycles. The smallest absolute Gasteiger partial charge is 0.230 e. The molecule has 96 valence electrons. The molecule has 0 atom stereocenters. The van der Waals surface area contributed by atoms with Crippen LogP contribution >= 0.6 is 0 Å². The fraction of sp³-hybridized carbons (Fsp3) is 0.538. The molecular weight excluding hydrogens is 216 g/mol. The topological polar surface area (TPSA) is 61.7 Å². The number of hydrogen-bond donors (Lipinski definition) is 2. The summed E-state index contributed by atoms with van der Waals surface area (Å²) in [5.41, 5.74) is 0.592. The summed E-state index contributed by atoms with van der Waals surface area (Å²) in [6, 6.07) is 0. The normalized spacial score (nSPS) is 14.2. The third-order valence-corrected chi connectivity index (χ3v) is 2.26. The first-order valence-corrected chi connectivity index (χ1v) is 5.72. The Kier molecular flexibility index (Phi) is 6.25. The Morgan fingerprint density at radius 2 is 1.94 bits per heavy atom. The van der Waals surface area contributed by atoms with Crippen molar-refractivity contribution in [2.45, 2.75) is 41.0 Å². The van der Waals surface area contributed by atoms with E-state index in [9.17, 15) is 4.79 Å². The zero-order chi connectivity index (χ0) is 13.5. The number of allylic oxidation sites excluding steroid dienone is 3. The van der Waals surface area contributed by atoms with Gasteiger partial charge in [0.15, 0.2) is 5.84 Å². The van der Waals surface area contributed by atoms with Gasteiger partial charge >= 0.3 is 0 Å². The van der Waals surface area contributed by atoms with Crippen LogP contribution in [0.25, 0.3) is 0 Å². The third-order valence-electron chi connectivity index (χ3n) is 2.26. The van der Waals surface area contributed by atoms with Crippen molar-refractivity contribution in [2.24, 2.45) is 10.6 Å². The van der Waals surface area contributed by atoms with Gasteiger partial charge < -0.3 is 10.5 Å². The standard InChI is InChI=1S/C13H22N2O2/c1-6-10(7-2)8-9-11(15-17)14-12(16)13(3,4)5/h6,8-9,17H,7H2,1-5H3,(H,14,15,16)/b9-8-,10-6-. The predicted octanol–water partition coefficient (Wildman–Crippen LogP) is 2.85. The van der Waals surface area contributed by atoms with Crippen molar-refractivity contribution in [3.8, 4) is 0 Å². The van der Waals surface area contributed by atoms with E-state index in [0.717, 1.165) is 12.0 Å². The van der Waals surface area contributed by atoms with E-state index in [1.807, 2.05) is 26.0 Å². The van der Waals surface area contributed by atoms with E-state index in [1.165, 1.54) is 0 Å². The molecule has 0 radical (unpaired) electrons. The maximum absolute atomic E-state index is 11.7. The average molecular weight is 238 g/mol. The highest BCUT2D eigenvalue weighted by Gasteiger charge is 2.21. The summed E-state index contributed by atoms with van der Waals surface area (Å²) in [5.74, 6) is -0.0359. The number of carbonyl (C=O) groups is 1. The maximum Gasteiger partial charge on any atom is 0.230 e. The monoisotopic (exact) mass is 238 g/mol. The molecule has 0 unspecified atom stereocenters. The number of oxime groups is 1. The first-order valence-electron chi connectivity index (χ1n) is 5.72. The van der Waals surface area contributed by atoms with E-state index in [1.54, 1.807) is 26.8 Å². The molecule has 4 nitrogen and oxygen atoms in total. The Bertz CT molecular complexity index is 347. The van der Waals surface area contributed by atoms with Gasteiger partial charge in [0.2, 0.25) is 5.91 Å². The second-order valence-electron chi connectivity index (χ2n) is 4.74. The summed E-state index contributed by atoms with van der Waals surface area (Å²) in [5, 5.41) is 14.4. The summed E-state index contributed by atoms with van der Waals surface area (Å²) in [7, 11) is 0. The third kappa shape index (κ3) is 5.90. The molecule has 0 spiro atoms. The van der Waals surface area contributed by atoms with Gasteiger partial charge in [0.25, 0.3) is 0 Å². The van der Waals surface area contributed by atoms with E-state index < -0.39 is 5.41 Å². The molecule has 2 N–H and O–H groups in total. The van der Waals surface area contributed by atoms with Crippen LogP contribution in [0.4, 0.5) is 0 Å². The molecule has 0 saturated carbocycles. The molecule has 0 saturated heterocycles. The second-order valence-corrected chi connectivity index (χ2v) is 4.74. The van der Waals surface area contributed by atoms with Gasteiger partial charge in [0, 0.05) is 5.41 Å². The Hall–Kier alpha value is -1.58. The molecule has 0 bridgehead atoms. The van der Waals surface area contributed by atoms with E-state index in [0.29, 0.717) is 0 Å². The van der Waals surface area contributed by atoms with Crippen molar-refractivity contribution in [3.63, 3.8) is 0 Å². The van der Waals surface area contributed by atoms with Crippen LogP contribution in [0.15, 0.2) is 29.0 Å². The highest BCUT2D eigenvalue weighted by molar-refractivity contribution is 6.05. The van der Waals surface area contributed by atoms with Gasteiger partial charge in [-0.05, 0) is 19.4 Å². The predicted molar refractivity (Wildman–Crippen MR) is 70.0 cm³/mol. The number of amidine groups is 1. The number of nitrogens with one attached hydrogen (secondary N) is 1. The summed E-state index contributed by atoms with van der Waals surface area (Å²) in [4.78, 5) is 11.7. The minimum Gasteiger partial charge on any atom is -0.409 e. The van der Waals surface area contributed by atoms with Gasteiger partial charge in [-0.25, -0.2) is 0 Å². The largest absolute Gasteiger partial charge is 0.409 e. The van der Waals surface area contributed by atoms with Crippen molar-refractivity contribution in [2.75, 3.05) is 0 Å². The Labute approximate surface area is 103 Å². The first-order chi connectivity index (χ1) is 7.85. The molecule has 0 rings (SSSR count). The molecule has 0 aliphatic rings. The molecule has 1 amide bonds. The molecule has 0 aromatic carbocycles. The van der Waals surface area contributed by atoms with Crippen LogP contribution in [0, 0.1) is 5.41 Å². The lowest BCUT2D eigenvalue weighted by molar-refractivity contribution is -0.126. The summed E-state index contributed by atoms with van der Waals surface area (Å²) in [6.45, 7) is 9.36. The van der Waals surface area contributed by atoms with E-state index >= 15 is 0 Å².